The summed E-state index contributed by atoms with van der Waals surface area (Å²) < 4.78 is 23.3. The van der Waals surface area contributed by atoms with Crippen molar-refractivity contribution in [1.82, 2.24) is 5.32 Å². The molecular formula is C24H31N3O3S. The summed E-state index contributed by atoms with van der Waals surface area (Å²) in [4.78, 5) is 17.3. The van der Waals surface area contributed by atoms with Crippen LogP contribution in [0.5, 0.6) is 0 Å². The molecule has 1 N–H and O–H groups in total. The Morgan fingerprint density at radius 3 is 2.32 bits per heavy atom. The van der Waals surface area contributed by atoms with Gasteiger partial charge in [-0.3, -0.25) is 4.79 Å². The molecule has 2 heterocycles. The molecule has 0 aromatic heterocycles. The minimum absolute atomic E-state index is 0.0330. The van der Waals surface area contributed by atoms with E-state index in [0.29, 0.717) is 18.9 Å². The van der Waals surface area contributed by atoms with E-state index in [9.17, 15) is 13.2 Å². The van der Waals surface area contributed by atoms with Crippen LogP contribution in [-0.4, -0.2) is 52.0 Å². The summed E-state index contributed by atoms with van der Waals surface area (Å²) in [5, 5.41) is 2.97. The van der Waals surface area contributed by atoms with E-state index < -0.39 is 9.84 Å². The number of nitrogens with one attached hydrogen (secondary N) is 1. The number of nitrogens with zero attached hydrogens (tertiary/aromatic N) is 2. The van der Waals surface area contributed by atoms with Crippen LogP contribution in [0.2, 0.25) is 0 Å². The number of hydrogen-bond acceptors (Lipinski definition) is 5. The van der Waals surface area contributed by atoms with E-state index in [1.165, 1.54) is 5.56 Å². The highest BCUT2D eigenvalue weighted by molar-refractivity contribution is 7.91. The van der Waals surface area contributed by atoms with E-state index in [4.69, 9.17) is 0 Å². The van der Waals surface area contributed by atoms with Crippen LogP contribution >= 0.6 is 0 Å². The average molecular weight is 442 g/mol. The number of benzene rings is 2. The number of fused-ring (bicyclic) bond motifs is 1. The van der Waals surface area contributed by atoms with Crippen LogP contribution in [0.1, 0.15) is 18.9 Å². The van der Waals surface area contributed by atoms with Gasteiger partial charge in [-0.25, -0.2) is 8.42 Å². The first-order valence-electron chi connectivity index (χ1n) is 11.0. The van der Waals surface area contributed by atoms with E-state index >= 15 is 0 Å². The quantitative estimate of drug-likeness (QED) is 0.747. The lowest BCUT2D eigenvalue weighted by Gasteiger charge is -2.27. The summed E-state index contributed by atoms with van der Waals surface area (Å²) in [5.41, 5.74) is 3.48. The minimum atomic E-state index is -2.92. The molecule has 166 valence electrons. The van der Waals surface area contributed by atoms with E-state index in [0.717, 1.165) is 31.0 Å². The molecule has 1 fully saturated rings. The maximum Gasteiger partial charge on any atom is 0.239 e. The van der Waals surface area contributed by atoms with E-state index in [1.807, 2.05) is 18.2 Å². The topological polar surface area (TPSA) is 69.7 Å². The zero-order chi connectivity index (χ0) is 21.8. The van der Waals surface area contributed by atoms with Gasteiger partial charge in [0.1, 0.15) is 0 Å². The van der Waals surface area contributed by atoms with Crippen LogP contribution in [-0.2, 0) is 21.2 Å². The van der Waals surface area contributed by atoms with Crippen molar-refractivity contribution < 1.29 is 13.2 Å². The van der Waals surface area contributed by atoms with Crippen LogP contribution in [0.15, 0.2) is 54.6 Å². The number of carbonyl (C=O) groups is 1. The van der Waals surface area contributed by atoms with Gasteiger partial charge in [0.15, 0.2) is 9.84 Å². The normalized spacial score (nSPS) is 22.6. The largest absolute Gasteiger partial charge is 0.365 e. The van der Waals surface area contributed by atoms with E-state index in [-0.39, 0.29) is 29.9 Å². The first-order chi connectivity index (χ1) is 14.9. The monoisotopic (exact) mass is 441 g/mol. The molecule has 1 saturated heterocycles. The fraction of sp³-hybridized carbons (Fsp3) is 0.458. The zero-order valence-corrected chi connectivity index (χ0v) is 18.9. The number of sulfone groups is 1. The van der Waals surface area contributed by atoms with Gasteiger partial charge in [0.25, 0.3) is 0 Å². The van der Waals surface area contributed by atoms with Crippen molar-refractivity contribution in [3.8, 4) is 0 Å². The predicted octanol–water partition coefficient (Wildman–Crippen LogP) is 2.70. The van der Waals surface area contributed by atoms with Gasteiger partial charge in [-0.2, -0.15) is 0 Å². The number of amides is 1. The Labute approximate surface area is 185 Å². The fourth-order valence-corrected chi connectivity index (χ4v) is 6.49. The van der Waals surface area contributed by atoms with Crippen LogP contribution in [0.4, 0.5) is 11.4 Å². The average Bonchev–Trinajstić information content (AvgIpc) is 3.04. The second-order valence-electron chi connectivity index (χ2n) is 8.91. The van der Waals surface area contributed by atoms with Gasteiger partial charge in [0.2, 0.25) is 5.91 Å². The van der Waals surface area contributed by atoms with Crippen LogP contribution < -0.4 is 15.1 Å². The third-order valence-corrected chi connectivity index (χ3v) is 7.93. The Kier molecular flexibility index (Phi) is 6.51. The van der Waals surface area contributed by atoms with Crippen LogP contribution in [0.25, 0.3) is 0 Å². The molecule has 6 nitrogen and oxygen atoms in total. The van der Waals surface area contributed by atoms with Crippen molar-refractivity contribution in [1.29, 1.82) is 0 Å². The smallest absolute Gasteiger partial charge is 0.239 e. The molecule has 2 aromatic carbocycles. The third kappa shape index (κ3) is 5.58. The molecule has 7 heteroatoms. The maximum atomic E-state index is 12.7. The highest BCUT2D eigenvalue weighted by atomic mass is 32.2. The first-order valence-corrected chi connectivity index (χ1v) is 12.8. The molecule has 0 saturated carbocycles. The Balaban J connectivity index is 1.45. The Bertz CT molecular complexity index is 1010. The number of carbonyl (C=O) groups excluding carboxylic acids is 1. The van der Waals surface area contributed by atoms with Gasteiger partial charge < -0.3 is 15.1 Å². The number of anilines is 2. The molecular weight excluding hydrogens is 410 g/mol. The number of hydrogen-bond donors (Lipinski definition) is 1. The molecule has 4 rings (SSSR count). The minimum Gasteiger partial charge on any atom is -0.365 e. The van der Waals surface area contributed by atoms with E-state index in [1.54, 1.807) is 0 Å². The van der Waals surface area contributed by atoms with Crippen LogP contribution in [0, 0.1) is 11.8 Å². The molecule has 0 spiro atoms. The molecule has 0 bridgehead atoms. The van der Waals surface area contributed by atoms with Crippen molar-refractivity contribution in [3.63, 3.8) is 0 Å². The number of rotatable bonds is 6. The molecule has 1 amide bonds. The molecule has 2 aliphatic rings. The van der Waals surface area contributed by atoms with Crippen molar-refractivity contribution in [2.24, 2.45) is 11.8 Å². The van der Waals surface area contributed by atoms with Gasteiger partial charge in [0.05, 0.1) is 29.4 Å². The van der Waals surface area contributed by atoms with Gasteiger partial charge in [-0.05, 0) is 36.0 Å². The Morgan fingerprint density at radius 2 is 1.65 bits per heavy atom. The molecule has 2 atom stereocenters. The molecule has 2 aliphatic heterocycles. The summed E-state index contributed by atoms with van der Waals surface area (Å²) in [5.74, 6) is 0.796. The van der Waals surface area contributed by atoms with Crippen LogP contribution in [0.3, 0.4) is 0 Å². The Morgan fingerprint density at radius 1 is 1.00 bits per heavy atom. The molecule has 31 heavy (non-hydrogen) atoms. The Hall–Kier alpha value is -2.54. The maximum absolute atomic E-state index is 12.7. The lowest BCUT2D eigenvalue weighted by atomic mass is 10.1. The highest BCUT2D eigenvalue weighted by Gasteiger charge is 2.29. The summed E-state index contributed by atoms with van der Waals surface area (Å²) >= 11 is 0. The van der Waals surface area contributed by atoms with E-state index in [2.05, 4.69) is 58.4 Å². The summed E-state index contributed by atoms with van der Waals surface area (Å²) in [6.07, 6.45) is 0.640. The summed E-state index contributed by atoms with van der Waals surface area (Å²) in [7, 11) is -2.92. The first kappa shape index (κ1) is 21.7. The third-order valence-electron chi connectivity index (χ3n) is 6.09. The lowest BCUT2D eigenvalue weighted by Crippen LogP contribution is -2.41. The summed E-state index contributed by atoms with van der Waals surface area (Å²) in [6, 6.07) is 18.7. The van der Waals surface area contributed by atoms with Gasteiger partial charge in [0, 0.05) is 26.2 Å². The van der Waals surface area contributed by atoms with Crippen molar-refractivity contribution >= 4 is 27.1 Å². The molecule has 0 radical (unpaired) electrons. The second-order valence-corrected chi connectivity index (χ2v) is 11.1. The predicted molar refractivity (Wildman–Crippen MR) is 125 cm³/mol. The van der Waals surface area contributed by atoms with Gasteiger partial charge in [-0.15, -0.1) is 0 Å². The SMILES string of the molecule is C[C@@H]1CN(CC(=O)NC[C@H]2CCS(=O)(=O)C2)c2ccccc2N(Cc2ccccc2)C1. The zero-order valence-electron chi connectivity index (χ0n) is 18.0. The highest BCUT2D eigenvalue weighted by Crippen LogP contribution is 2.34. The molecule has 2 aromatic rings. The fourth-order valence-electron chi connectivity index (χ4n) is 4.63. The van der Waals surface area contributed by atoms with Gasteiger partial charge in [-0.1, -0.05) is 49.4 Å². The standard InChI is InChI=1S/C24H31N3O3S/c1-19-14-26(16-20-7-3-2-4-8-20)22-9-5-6-10-23(22)27(15-19)17-24(28)25-13-21-11-12-31(29,30)18-21/h2-10,19,21H,11-18H2,1H3,(H,25,28)/t19-,21+/m0/s1. The van der Waals surface area contributed by atoms with Gasteiger partial charge >= 0.3 is 0 Å². The second kappa shape index (κ2) is 9.30. The van der Waals surface area contributed by atoms with Crippen molar-refractivity contribution in [3.05, 3.63) is 60.2 Å². The lowest BCUT2D eigenvalue weighted by molar-refractivity contribution is -0.119. The summed E-state index contributed by atoms with van der Waals surface area (Å²) in [6.45, 7) is 5.48. The molecule has 0 unspecified atom stereocenters. The molecule has 0 aliphatic carbocycles. The number of para-hydroxylation sites is 2. The van der Waals surface area contributed by atoms with Crippen molar-refractivity contribution in [2.75, 3.05) is 47.5 Å². The van der Waals surface area contributed by atoms with Crippen molar-refractivity contribution in [2.45, 2.75) is 19.9 Å².